The number of allylic oxidation sites excluding steroid dienone is 1. The second kappa shape index (κ2) is 7.43. The van der Waals surface area contributed by atoms with Crippen molar-refractivity contribution in [1.29, 1.82) is 0 Å². The maximum Gasteiger partial charge on any atom is 0.330 e. The summed E-state index contributed by atoms with van der Waals surface area (Å²) in [5.41, 5.74) is 0.677. The molecular formula is C21H32O4. The van der Waals surface area contributed by atoms with E-state index in [1.165, 1.54) is 13.2 Å². The van der Waals surface area contributed by atoms with Crippen molar-refractivity contribution in [3.05, 3.63) is 11.6 Å². The molecule has 0 amide bonds. The lowest BCUT2D eigenvalue weighted by Gasteiger charge is -2.58. The van der Waals surface area contributed by atoms with Crippen molar-refractivity contribution >= 4 is 18.0 Å². The van der Waals surface area contributed by atoms with Crippen molar-refractivity contribution < 1.29 is 19.1 Å². The van der Waals surface area contributed by atoms with E-state index in [-0.39, 0.29) is 28.6 Å². The van der Waals surface area contributed by atoms with E-state index >= 15 is 0 Å². The third-order valence-electron chi connectivity index (χ3n) is 7.02. The molecule has 2 fully saturated rings. The van der Waals surface area contributed by atoms with Crippen LogP contribution in [0.1, 0.15) is 66.2 Å². The predicted octanol–water partition coefficient (Wildman–Crippen LogP) is 4.12. The van der Waals surface area contributed by atoms with Crippen LogP contribution >= 0.6 is 0 Å². The van der Waals surface area contributed by atoms with Crippen LogP contribution in [0.2, 0.25) is 0 Å². The Hall–Kier alpha value is -1.45. The van der Waals surface area contributed by atoms with E-state index in [1.54, 1.807) is 0 Å². The van der Waals surface area contributed by atoms with Gasteiger partial charge in [-0.25, -0.2) is 4.79 Å². The van der Waals surface area contributed by atoms with Crippen LogP contribution in [-0.4, -0.2) is 25.1 Å². The summed E-state index contributed by atoms with van der Waals surface area (Å²) in [5.74, 6) is 0.669. The second-order valence-corrected chi connectivity index (χ2v) is 8.74. The molecule has 0 unspecified atom stereocenters. The molecule has 0 heterocycles. The molecule has 140 valence electrons. The average Bonchev–Trinajstić information content (AvgIpc) is 2.56. The van der Waals surface area contributed by atoms with E-state index in [2.05, 4.69) is 20.8 Å². The summed E-state index contributed by atoms with van der Waals surface area (Å²) in [6.45, 7) is 8.38. The molecule has 0 bridgehead atoms. The van der Waals surface area contributed by atoms with Crippen molar-refractivity contribution in [1.82, 2.24) is 0 Å². The second-order valence-electron chi connectivity index (χ2n) is 8.74. The smallest absolute Gasteiger partial charge is 0.330 e. The molecule has 2 aliphatic carbocycles. The zero-order valence-electron chi connectivity index (χ0n) is 16.3. The maximum absolute atomic E-state index is 12.5. The molecule has 0 aromatic heterocycles. The van der Waals surface area contributed by atoms with Gasteiger partial charge in [0.05, 0.1) is 7.11 Å². The van der Waals surface area contributed by atoms with Crippen molar-refractivity contribution in [3.63, 3.8) is 0 Å². The summed E-state index contributed by atoms with van der Waals surface area (Å²) < 4.78 is 4.69. The van der Waals surface area contributed by atoms with Crippen LogP contribution in [0.3, 0.4) is 0 Å². The third-order valence-corrected chi connectivity index (χ3v) is 7.02. The number of Topliss-reactive ketones (excluding diaryl/α,β-unsaturated/α-hetero) is 1. The molecule has 0 aromatic rings. The first-order chi connectivity index (χ1) is 11.7. The first-order valence-electron chi connectivity index (χ1n) is 9.40. The molecule has 2 rings (SSSR count). The number of methoxy groups -OCH3 is 1. The zero-order chi connectivity index (χ0) is 18.8. The predicted molar refractivity (Wildman–Crippen MR) is 96.9 cm³/mol. The zero-order valence-corrected chi connectivity index (χ0v) is 16.3. The Morgan fingerprint density at radius 3 is 2.56 bits per heavy atom. The molecule has 0 saturated heterocycles. The van der Waals surface area contributed by atoms with Crippen LogP contribution in [0.4, 0.5) is 0 Å². The molecule has 0 aromatic carbocycles. The van der Waals surface area contributed by atoms with Crippen LogP contribution in [0, 0.1) is 28.6 Å². The fraction of sp³-hybridized carbons (Fsp3) is 0.762. The van der Waals surface area contributed by atoms with Gasteiger partial charge in [-0.1, -0.05) is 26.3 Å². The monoisotopic (exact) mass is 348 g/mol. The van der Waals surface area contributed by atoms with Gasteiger partial charge in [0.15, 0.2) is 0 Å². The highest BCUT2D eigenvalue weighted by atomic mass is 16.5. The van der Waals surface area contributed by atoms with E-state index in [1.807, 2.05) is 6.92 Å². The number of ketones is 1. The Bertz CT molecular complexity index is 574. The minimum atomic E-state index is -0.332. The molecule has 25 heavy (non-hydrogen) atoms. The first kappa shape index (κ1) is 19.9. The van der Waals surface area contributed by atoms with Crippen LogP contribution in [0.15, 0.2) is 11.6 Å². The Morgan fingerprint density at radius 2 is 1.96 bits per heavy atom. The normalized spacial score (nSPS) is 35.0. The number of carbonyl (C=O) groups is 3. The van der Waals surface area contributed by atoms with E-state index in [0.29, 0.717) is 18.1 Å². The van der Waals surface area contributed by atoms with Gasteiger partial charge in [0.1, 0.15) is 12.1 Å². The molecule has 0 spiro atoms. The van der Waals surface area contributed by atoms with Crippen molar-refractivity contribution in [2.24, 2.45) is 28.6 Å². The van der Waals surface area contributed by atoms with E-state index in [4.69, 9.17) is 4.74 Å². The van der Waals surface area contributed by atoms with Gasteiger partial charge in [-0.05, 0) is 56.3 Å². The lowest BCUT2D eigenvalue weighted by atomic mass is 9.45. The van der Waals surface area contributed by atoms with Crippen LogP contribution in [0.25, 0.3) is 0 Å². The number of carbonyl (C=O) groups excluding carboxylic acids is 3. The fourth-order valence-corrected chi connectivity index (χ4v) is 5.50. The lowest BCUT2D eigenvalue weighted by molar-refractivity contribution is -0.153. The number of rotatable bonds is 5. The van der Waals surface area contributed by atoms with Gasteiger partial charge in [-0.15, -0.1) is 0 Å². The molecular weight excluding hydrogens is 316 g/mol. The van der Waals surface area contributed by atoms with E-state index in [9.17, 15) is 14.4 Å². The van der Waals surface area contributed by atoms with Crippen LogP contribution in [-0.2, 0) is 19.1 Å². The topological polar surface area (TPSA) is 60.4 Å². The number of hydrogen-bond donors (Lipinski definition) is 0. The summed E-state index contributed by atoms with van der Waals surface area (Å²) >= 11 is 0. The number of aldehydes is 1. The van der Waals surface area contributed by atoms with Crippen molar-refractivity contribution in [3.8, 4) is 0 Å². The average molecular weight is 348 g/mol. The van der Waals surface area contributed by atoms with Gasteiger partial charge in [-0.3, -0.25) is 4.79 Å². The fourth-order valence-electron chi connectivity index (χ4n) is 5.50. The van der Waals surface area contributed by atoms with Gasteiger partial charge in [0.25, 0.3) is 0 Å². The quantitative estimate of drug-likeness (QED) is 0.426. The lowest BCUT2D eigenvalue weighted by Crippen LogP contribution is -2.55. The molecule has 0 radical (unpaired) electrons. The highest BCUT2D eigenvalue weighted by Crippen LogP contribution is 2.60. The standard InChI is InChI=1S/C21H32O4/c1-14(12-19(24)25-5)6-8-16-15(13-22)7-9-17-20(2,3)18(23)10-11-21(16,17)4/h12-13,15-17H,6-11H2,1-5H3/b14-12-/t15-,16-,17-,21+/m1/s1. The van der Waals surface area contributed by atoms with Gasteiger partial charge >= 0.3 is 5.97 Å². The van der Waals surface area contributed by atoms with E-state index < -0.39 is 0 Å². The Kier molecular flexibility index (Phi) is 5.90. The molecule has 2 saturated carbocycles. The first-order valence-corrected chi connectivity index (χ1v) is 9.40. The molecule has 0 N–H and O–H groups in total. The van der Waals surface area contributed by atoms with Crippen molar-refractivity contribution in [2.45, 2.75) is 66.2 Å². The molecule has 0 aliphatic heterocycles. The molecule has 4 nitrogen and oxygen atoms in total. The van der Waals surface area contributed by atoms with Crippen LogP contribution in [0.5, 0.6) is 0 Å². The Balaban J connectivity index is 2.23. The number of hydrogen-bond acceptors (Lipinski definition) is 4. The number of esters is 1. The van der Waals surface area contributed by atoms with Gasteiger partial charge in [0, 0.05) is 23.8 Å². The Morgan fingerprint density at radius 1 is 1.28 bits per heavy atom. The molecule has 4 heteroatoms. The minimum absolute atomic E-state index is 0.00673. The summed E-state index contributed by atoms with van der Waals surface area (Å²) in [6.07, 6.45) is 7.60. The van der Waals surface area contributed by atoms with Gasteiger partial charge < -0.3 is 9.53 Å². The highest BCUT2D eigenvalue weighted by Gasteiger charge is 2.57. The SMILES string of the molecule is COC(=O)/C=C(/C)CC[C@@H]1[C@@H](C=O)CC[C@@H]2C(C)(C)C(=O)CC[C@@]12C. The Labute approximate surface area is 151 Å². The number of ether oxygens (including phenoxy) is 1. The minimum Gasteiger partial charge on any atom is -0.466 e. The molecule has 4 atom stereocenters. The largest absolute Gasteiger partial charge is 0.466 e. The van der Waals surface area contributed by atoms with Crippen LogP contribution < -0.4 is 0 Å². The molecule has 2 aliphatic rings. The summed E-state index contributed by atoms with van der Waals surface area (Å²) in [4.78, 5) is 35.6. The van der Waals surface area contributed by atoms with Gasteiger partial charge in [0.2, 0.25) is 0 Å². The third kappa shape index (κ3) is 3.73. The van der Waals surface area contributed by atoms with Gasteiger partial charge in [-0.2, -0.15) is 0 Å². The summed E-state index contributed by atoms with van der Waals surface area (Å²) in [6, 6.07) is 0. The van der Waals surface area contributed by atoms with E-state index in [0.717, 1.165) is 44.0 Å². The summed E-state index contributed by atoms with van der Waals surface area (Å²) in [5, 5.41) is 0. The summed E-state index contributed by atoms with van der Waals surface area (Å²) in [7, 11) is 1.38. The van der Waals surface area contributed by atoms with Crippen molar-refractivity contribution in [2.75, 3.05) is 7.11 Å². The number of fused-ring (bicyclic) bond motifs is 1. The highest BCUT2D eigenvalue weighted by molar-refractivity contribution is 5.85. The maximum atomic E-state index is 12.5.